The van der Waals surface area contributed by atoms with Crippen LogP contribution in [0.4, 0.5) is 18.9 Å². The van der Waals surface area contributed by atoms with Crippen molar-refractivity contribution < 1.29 is 18.0 Å². The summed E-state index contributed by atoms with van der Waals surface area (Å²) in [6, 6.07) is 4.82. The molecule has 1 N–H and O–H groups in total. The first-order valence-corrected chi connectivity index (χ1v) is 8.07. The van der Waals surface area contributed by atoms with Crippen molar-refractivity contribution in [3.63, 3.8) is 0 Å². The van der Waals surface area contributed by atoms with Gasteiger partial charge < -0.3 is 10.2 Å². The fourth-order valence-corrected chi connectivity index (χ4v) is 2.80. The number of alkyl halides is 4. The van der Waals surface area contributed by atoms with E-state index in [1.807, 2.05) is 0 Å². The van der Waals surface area contributed by atoms with Gasteiger partial charge in [0.05, 0.1) is 16.2 Å². The first-order valence-electron chi connectivity index (χ1n) is 7.26. The standard InChI is InChI=1S/C16H13Cl2F3N2O/c17-13-4-3-11(8-12(13)15(24)22-10-1-2-10)23-6-5-9(7-14(23)18)16(19,20)21/h3-8,10,14H,1-2H2,(H,22,24). The van der Waals surface area contributed by atoms with Crippen molar-refractivity contribution >= 4 is 34.8 Å². The zero-order chi connectivity index (χ0) is 17.5. The Bertz CT molecular complexity index is 727. The number of benzene rings is 1. The van der Waals surface area contributed by atoms with E-state index in [0.29, 0.717) is 5.69 Å². The molecule has 1 atom stereocenters. The average Bonchev–Trinajstić information content (AvgIpc) is 3.31. The van der Waals surface area contributed by atoms with Gasteiger partial charge in [-0.15, -0.1) is 0 Å². The number of hydrogen-bond acceptors (Lipinski definition) is 2. The van der Waals surface area contributed by atoms with E-state index in [0.717, 1.165) is 25.0 Å². The topological polar surface area (TPSA) is 32.3 Å². The van der Waals surface area contributed by atoms with Crippen molar-refractivity contribution in [2.75, 3.05) is 4.90 Å². The van der Waals surface area contributed by atoms with Crippen molar-refractivity contribution in [3.05, 3.63) is 52.7 Å². The number of amides is 1. The van der Waals surface area contributed by atoms with Gasteiger partial charge >= 0.3 is 6.18 Å². The van der Waals surface area contributed by atoms with Crippen LogP contribution in [-0.2, 0) is 0 Å². The predicted octanol–water partition coefficient (Wildman–Crippen LogP) is 4.62. The van der Waals surface area contributed by atoms with E-state index in [1.165, 1.54) is 23.2 Å². The van der Waals surface area contributed by atoms with Crippen LogP contribution in [0.2, 0.25) is 5.02 Å². The molecule has 1 heterocycles. The normalized spacial score (nSPS) is 20.8. The minimum Gasteiger partial charge on any atom is -0.349 e. The summed E-state index contributed by atoms with van der Waals surface area (Å²) in [7, 11) is 0. The molecule has 0 bridgehead atoms. The second-order valence-corrected chi connectivity index (χ2v) is 6.48. The zero-order valence-corrected chi connectivity index (χ0v) is 13.8. The molecule has 128 valence electrons. The molecule has 0 aromatic heterocycles. The van der Waals surface area contributed by atoms with Crippen molar-refractivity contribution in [3.8, 4) is 0 Å². The molecule has 0 saturated heterocycles. The highest BCUT2D eigenvalue weighted by Crippen LogP contribution is 2.34. The smallest absolute Gasteiger partial charge is 0.349 e. The number of rotatable bonds is 3. The number of nitrogens with one attached hydrogen (secondary N) is 1. The Balaban J connectivity index is 1.84. The Hall–Kier alpha value is -1.66. The van der Waals surface area contributed by atoms with E-state index in [4.69, 9.17) is 23.2 Å². The molecule has 3 rings (SSSR count). The van der Waals surface area contributed by atoms with Crippen LogP contribution in [0.15, 0.2) is 42.1 Å². The number of carbonyl (C=O) groups is 1. The molecule has 1 aromatic carbocycles. The summed E-state index contributed by atoms with van der Waals surface area (Å²) in [5.74, 6) is -0.303. The Morgan fingerprint density at radius 1 is 1.29 bits per heavy atom. The molecule has 1 aromatic rings. The Kier molecular flexibility index (Phi) is 4.53. The average molecular weight is 377 g/mol. The molecule has 1 unspecified atom stereocenters. The summed E-state index contributed by atoms with van der Waals surface area (Å²) in [5, 5.41) is 3.10. The number of hydrogen-bond donors (Lipinski definition) is 1. The lowest BCUT2D eigenvalue weighted by atomic mass is 10.1. The highest BCUT2D eigenvalue weighted by atomic mass is 35.5. The van der Waals surface area contributed by atoms with Gasteiger partial charge in [0.1, 0.15) is 5.50 Å². The van der Waals surface area contributed by atoms with Crippen LogP contribution in [-0.4, -0.2) is 23.6 Å². The van der Waals surface area contributed by atoms with Crippen LogP contribution >= 0.6 is 23.2 Å². The predicted molar refractivity (Wildman–Crippen MR) is 87.3 cm³/mol. The van der Waals surface area contributed by atoms with Gasteiger partial charge in [-0.2, -0.15) is 13.2 Å². The molecule has 1 aliphatic heterocycles. The summed E-state index contributed by atoms with van der Waals surface area (Å²) >= 11 is 12.1. The molecule has 8 heteroatoms. The van der Waals surface area contributed by atoms with Crippen molar-refractivity contribution in [1.82, 2.24) is 5.32 Å². The summed E-state index contributed by atoms with van der Waals surface area (Å²) in [4.78, 5) is 13.6. The number of allylic oxidation sites excluding steroid dienone is 2. The molecular formula is C16H13Cl2F3N2O. The highest BCUT2D eigenvalue weighted by Gasteiger charge is 2.35. The Labute approximate surface area is 146 Å². The second-order valence-electron chi connectivity index (χ2n) is 5.63. The largest absolute Gasteiger partial charge is 0.416 e. The summed E-state index contributed by atoms with van der Waals surface area (Å²) in [6.45, 7) is 0. The maximum absolute atomic E-state index is 12.7. The van der Waals surface area contributed by atoms with E-state index in [2.05, 4.69) is 5.32 Å². The molecule has 0 radical (unpaired) electrons. The number of nitrogens with zero attached hydrogens (tertiary/aromatic N) is 1. The third kappa shape index (κ3) is 3.70. The molecule has 1 saturated carbocycles. The van der Waals surface area contributed by atoms with Gasteiger partial charge in [-0.1, -0.05) is 23.2 Å². The minimum atomic E-state index is -4.45. The maximum Gasteiger partial charge on any atom is 0.416 e. The quantitative estimate of drug-likeness (QED) is 0.616. The van der Waals surface area contributed by atoms with Gasteiger partial charge in [-0.25, -0.2) is 0 Å². The van der Waals surface area contributed by atoms with E-state index in [9.17, 15) is 18.0 Å². The molecule has 1 aliphatic carbocycles. The number of carbonyl (C=O) groups excluding carboxylic acids is 1. The maximum atomic E-state index is 12.7. The van der Waals surface area contributed by atoms with Crippen molar-refractivity contribution in [2.45, 2.75) is 30.6 Å². The van der Waals surface area contributed by atoms with Crippen molar-refractivity contribution in [1.29, 1.82) is 0 Å². The molecule has 3 nitrogen and oxygen atoms in total. The first kappa shape index (κ1) is 17.2. The highest BCUT2D eigenvalue weighted by molar-refractivity contribution is 6.34. The third-order valence-corrected chi connectivity index (χ3v) is 4.40. The monoisotopic (exact) mass is 376 g/mol. The number of halogens is 5. The Morgan fingerprint density at radius 3 is 2.58 bits per heavy atom. The van der Waals surface area contributed by atoms with Crippen LogP contribution in [0, 0.1) is 0 Å². The van der Waals surface area contributed by atoms with Crippen LogP contribution < -0.4 is 10.2 Å². The SMILES string of the molecule is O=C(NC1CC1)c1cc(N2C=CC(C(F)(F)F)=CC2Cl)ccc1Cl. The van der Waals surface area contributed by atoms with E-state index >= 15 is 0 Å². The molecule has 24 heavy (non-hydrogen) atoms. The van der Waals surface area contributed by atoms with Gasteiger partial charge in [-0.3, -0.25) is 4.79 Å². The minimum absolute atomic E-state index is 0.171. The molecule has 2 aliphatic rings. The fourth-order valence-electron chi connectivity index (χ4n) is 2.28. The summed E-state index contributed by atoms with van der Waals surface area (Å²) in [6.07, 6.45) is 0.522. The van der Waals surface area contributed by atoms with E-state index in [1.54, 1.807) is 6.07 Å². The molecule has 1 fully saturated rings. The van der Waals surface area contributed by atoms with Crippen LogP contribution in [0.3, 0.4) is 0 Å². The van der Waals surface area contributed by atoms with E-state index < -0.39 is 17.3 Å². The fraction of sp³-hybridized carbons (Fsp3) is 0.312. The van der Waals surface area contributed by atoms with Gasteiger partial charge in [0.15, 0.2) is 0 Å². The van der Waals surface area contributed by atoms with Crippen LogP contribution in [0.1, 0.15) is 23.2 Å². The van der Waals surface area contributed by atoms with Crippen LogP contribution in [0.25, 0.3) is 0 Å². The third-order valence-electron chi connectivity index (χ3n) is 3.73. The lowest BCUT2D eigenvalue weighted by molar-refractivity contribution is -0.0885. The lowest BCUT2D eigenvalue weighted by Gasteiger charge is -2.28. The summed E-state index contributed by atoms with van der Waals surface area (Å²) < 4.78 is 38.2. The van der Waals surface area contributed by atoms with Gasteiger partial charge in [-0.05, 0) is 43.2 Å². The first-order chi connectivity index (χ1) is 11.3. The number of anilines is 1. The molecule has 1 amide bonds. The van der Waals surface area contributed by atoms with Gasteiger partial charge in [0.25, 0.3) is 5.91 Å². The van der Waals surface area contributed by atoms with E-state index in [-0.39, 0.29) is 22.5 Å². The van der Waals surface area contributed by atoms with Gasteiger partial charge in [0, 0.05) is 17.9 Å². The zero-order valence-electron chi connectivity index (χ0n) is 12.3. The molecular weight excluding hydrogens is 364 g/mol. The Morgan fingerprint density at radius 2 is 2.00 bits per heavy atom. The van der Waals surface area contributed by atoms with Crippen molar-refractivity contribution in [2.24, 2.45) is 0 Å². The lowest BCUT2D eigenvalue weighted by Crippen LogP contribution is -2.30. The molecule has 0 spiro atoms. The summed E-state index contributed by atoms with van der Waals surface area (Å²) in [5.41, 5.74) is -1.08. The van der Waals surface area contributed by atoms with Gasteiger partial charge in [0.2, 0.25) is 0 Å². The second kappa shape index (κ2) is 6.33. The van der Waals surface area contributed by atoms with Crippen LogP contribution in [0.5, 0.6) is 0 Å².